The first-order valence-corrected chi connectivity index (χ1v) is 7.31. The van der Waals surface area contributed by atoms with E-state index in [0.29, 0.717) is 0 Å². The van der Waals surface area contributed by atoms with E-state index in [2.05, 4.69) is 0 Å². The number of β-amino-alcohol motifs (C(OH)–C–C–N with tert-alkyl or cyclic N) is 1. The van der Waals surface area contributed by atoms with Crippen LogP contribution in [0.25, 0.3) is 0 Å². The number of thioether (sulfide) groups is 1. The molecule has 0 spiro atoms. The molecule has 98 valence electrons. The van der Waals surface area contributed by atoms with Crippen molar-refractivity contribution < 1.29 is 19.8 Å². The van der Waals surface area contributed by atoms with Crippen molar-refractivity contribution in [2.24, 2.45) is 0 Å². The number of carbonyl (C=O) groups excluding carboxylic acids is 1. The van der Waals surface area contributed by atoms with E-state index in [1.807, 2.05) is 17.5 Å². The Labute approximate surface area is 112 Å². The molecular weight excluding hydrogens is 274 g/mol. The summed E-state index contributed by atoms with van der Waals surface area (Å²) >= 11 is 2.93. The van der Waals surface area contributed by atoms with Crippen molar-refractivity contribution in [3.8, 4) is 0 Å². The van der Waals surface area contributed by atoms with Gasteiger partial charge in [0.15, 0.2) is 0 Å². The van der Waals surface area contributed by atoms with Crippen LogP contribution < -0.4 is 0 Å². The summed E-state index contributed by atoms with van der Waals surface area (Å²) in [6.45, 7) is 0.112. The van der Waals surface area contributed by atoms with Gasteiger partial charge in [0.05, 0.1) is 16.1 Å². The Kier molecular flexibility index (Phi) is 4.26. The lowest BCUT2D eigenvalue weighted by Gasteiger charge is -2.20. The third-order valence-corrected chi connectivity index (χ3v) is 4.83. The highest BCUT2D eigenvalue weighted by molar-refractivity contribution is 8.01. The number of thiophene rings is 1. The van der Waals surface area contributed by atoms with Gasteiger partial charge in [-0.3, -0.25) is 4.79 Å². The zero-order valence-electron chi connectivity index (χ0n) is 9.48. The average molecular weight is 287 g/mol. The zero-order valence-corrected chi connectivity index (χ0v) is 11.1. The van der Waals surface area contributed by atoms with Crippen LogP contribution in [0.1, 0.15) is 6.42 Å². The number of aliphatic hydroxyl groups excluding tert-OH is 1. The van der Waals surface area contributed by atoms with Crippen LogP contribution in [0.2, 0.25) is 0 Å². The fraction of sp³-hybridized carbons (Fsp3) is 0.455. The Balaban J connectivity index is 1.93. The van der Waals surface area contributed by atoms with Crippen LogP contribution in [0.15, 0.2) is 21.7 Å². The first-order chi connectivity index (χ1) is 8.58. The Morgan fingerprint density at radius 1 is 1.56 bits per heavy atom. The largest absolute Gasteiger partial charge is 0.480 e. The Morgan fingerprint density at radius 2 is 2.33 bits per heavy atom. The molecule has 2 N–H and O–H groups in total. The Bertz CT molecular complexity index is 434. The first kappa shape index (κ1) is 13.4. The van der Waals surface area contributed by atoms with Crippen LogP contribution >= 0.6 is 23.1 Å². The van der Waals surface area contributed by atoms with Crippen LogP contribution in [-0.4, -0.2) is 51.4 Å². The highest BCUT2D eigenvalue weighted by Gasteiger charge is 2.38. The summed E-state index contributed by atoms with van der Waals surface area (Å²) in [6, 6.07) is 2.92. The predicted molar refractivity (Wildman–Crippen MR) is 68.8 cm³/mol. The van der Waals surface area contributed by atoms with E-state index in [0.717, 1.165) is 4.21 Å². The van der Waals surface area contributed by atoms with Crippen LogP contribution in [-0.2, 0) is 9.59 Å². The molecule has 2 unspecified atom stereocenters. The fourth-order valence-electron chi connectivity index (χ4n) is 1.88. The van der Waals surface area contributed by atoms with Gasteiger partial charge in [-0.1, -0.05) is 6.07 Å². The lowest BCUT2D eigenvalue weighted by Crippen LogP contribution is -2.41. The van der Waals surface area contributed by atoms with E-state index < -0.39 is 18.1 Å². The number of carboxylic acid groups (broad SMARTS) is 1. The predicted octanol–water partition coefficient (Wildman–Crippen LogP) is 0.887. The molecule has 2 rings (SSSR count). The molecule has 2 heterocycles. The fourth-order valence-corrected chi connectivity index (χ4v) is 3.56. The summed E-state index contributed by atoms with van der Waals surface area (Å²) in [4.78, 5) is 24.2. The lowest BCUT2D eigenvalue weighted by molar-refractivity contribution is -0.147. The molecule has 0 bridgehead atoms. The minimum Gasteiger partial charge on any atom is -0.480 e. The van der Waals surface area contributed by atoms with E-state index >= 15 is 0 Å². The third-order valence-electron chi connectivity index (χ3n) is 2.72. The number of nitrogens with zero attached hydrogens (tertiary/aromatic N) is 1. The van der Waals surface area contributed by atoms with Gasteiger partial charge in [-0.15, -0.1) is 23.1 Å². The standard InChI is InChI=1S/C11H13NO4S2/c13-7-4-8(11(15)16)12(5-7)9(14)6-18-10-2-1-3-17-10/h1-3,7-8,13H,4-6H2,(H,15,16). The SMILES string of the molecule is O=C(O)C1CC(O)CN1C(=O)CSc1cccs1. The third kappa shape index (κ3) is 3.04. The van der Waals surface area contributed by atoms with Crippen molar-refractivity contribution in [2.75, 3.05) is 12.3 Å². The maximum atomic E-state index is 11.9. The number of hydrogen-bond donors (Lipinski definition) is 2. The van der Waals surface area contributed by atoms with Crippen molar-refractivity contribution in [1.82, 2.24) is 4.90 Å². The minimum atomic E-state index is -1.05. The number of hydrogen-bond acceptors (Lipinski definition) is 5. The second-order valence-corrected chi connectivity index (χ2v) is 6.23. The van der Waals surface area contributed by atoms with Crippen molar-refractivity contribution >= 4 is 35.0 Å². The van der Waals surface area contributed by atoms with Gasteiger partial charge in [-0.05, 0) is 11.4 Å². The van der Waals surface area contributed by atoms with Gasteiger partial charge in [0.1, 0.15) is 6.04 Å². The molecule has 2 atom stereocenters. The molecule has 1 aliphatic rings. The molecule has 7 heteroatoms. The molecule has 1 aromatic rings. The molecule has 18 heavy (non-hydrogen) atoms. The van der Waals surface area contributed by atoms with Crippen LogP contribution in [0.3, 0.4) is 0 Å². The van der Waals surface area contributed by atoms with Crippen LogP contribution in [0, 0.1) is 0 Å². The van der Waals surface area contributed by atoms with Crippen molar-refractivity contribution in [3.05, 3.63) is 17.5 Å². The van der Waals surface area contributed by atoms with Crippen molar-refractivity contribution in [3.63, 3.8) is 0 Å². The molecule has 1 saturated heterocycles. The quantitative estimate of drug-likeness (QED) is 0.804. The van der Waals surface area contributed by atoms with Gasteiger partial charge in [-0.2, -0.15) is 0 Å². The molecule has 1 fully saturated rings. The minimum absolute atomic E-state index is 0.112. The lowest BCUT2D eigenvalue weighted by atomic mass is 10.2. The van der Waals surface area contributed by atoms with Gasteiger partial charge in [0.25, 0.3) is 0 Å². The number of carboxylic acids is 1. The van der Waals surface area contributed by atoms with Crippen molar-refractivity contribution in [2.45, 2.75) is 22.8 Å². The maximum absolute atomic E-state index is 11.9. The van der Waals surface area contributed by atoms with E-state index in [1.165, 1.54) is 16.7 Å². The number of carbonyl (C=O) groups is 2. The smallest absolute Gasteiger partial charge is 0.326 e. The summed E-state index contributed by atoms with van der Waals surface area (Å²) in [5, 5.41) is 20.4. The van der Waals surface area contributed by atoms with Gasteiger partial charge in [-0.25, -0.2) is 4.79 Å². The van der Waals surface area contributed by atoms with E-state index in [4.69, 9.17) is 5.11 Å². The van der Waals surface area contributed by atoms with E-state index in [9.17, 15) is 14.7 Å². The molecule has 0 aromatic carbocycles. The number of rotatable bonds is 4. The second-order valence-electron chi connectivity index (χ2n) is 4.01. The summed E-state index contributed by atoms with van der Waals surface area (Å²) in [6.07, 6.45) is -0.619. The Morgan fingerprint density at radius 3 is 2.94 bits per heavy atom. The summed E-state index contributed by atoms with van der Waals surface area (Å²) in [5.41, 5.74) is 0. The molecular formula is C11H13NO4S2. The normalized spacial score (nSPS) is 23.3. The molecule has 1 aromatic heterocycles. The van der Waals surface area contributed by atoms with Crippen molar-refractivity contribution in [1.29, 1.82) is 0 Å². The molecule has 0 aliphatic carbocycles. The van der Waals surface area contributed by atoms with E-state index in [-0.39, 0.29) is 24.6 Å². The number of aliphatic hydroxyl groups is 1. The summed E-state index contributed by atoms with van der Waals surface area (Å²) in [5.74, 6) is -1.09. The highest BCUT2D eigenvalue weighted by Crippen LogP contribution is 2.25. The summed E-state index contributed by atoms with van der Waals surface area (Å²) < 4.78 is 1.02. The molecule has 0 saturated carbocycles. The average Bonchev–Trinajstić information content (AvgIpc) is 2.94. The molecule has 1 aliphatic heterocycles. The topological polar surface area (TPSA) is 77.8 Å². The van der Waals surface area contributed by atoms with Gasteiger partial charge in [0, 0.05) is 13.0 Å². The van der Waals surface area contributed by atoms with Crippen LogP contribution in [0.4, 0.5) is 0 Å². The first-order valence-electron chi connectivity index (χ1n) is 5.44. The monoisotopic (exact) mass is 287 g/mol. The second kappa shape index (κ2) is 5.73. The summed E-state index contributed by atoms with van der Waals surface area (Å²) in [7, 11) is 0. The van der Waals surface area contributed by atoms with Gasteiger partial charge >= 0.3 is 5.97 Å². The molecule has 0 radical (unpaired) electrons. The maximum Gasteiger partial charge on any atom is 0.326 e. The van der Waals surface area contributed by atoms with Gasteiger partial charge < -0.3 is 15.1 Å². The number of aliphatic carboxylic acids is 1. The molecule has 5 nitrogen and oxygen atoms in total. The van der Waals surface area contributed by atoms with E-state index in [1.54, 1.807) is 11.3 Å². The van der Waals surface area contributed by atoms with Crippen LogP contribution in [0.5, 0.6) is 0 Å². The molecule has 1 amide bonds. The number of amides is 1. The zero-order chi connectivity index (χ0) is 13.1. The highest BCUT2D eigenvalue weighted by atomic mass is 32.2. The number of likely N-dealkylation sites (tertiary alicyclic amines) is 1. The Hall–Kier alpha value is -1.05. The van der Waals surface area contributed by atoms with Gasteiger partial charge in [0.2, 0.25) is 5.91 Å².